The highest BCUT2D eigenvalue weighted by molar-refractivity contribution is 5.75. The summed E-state index contributed by atoms with van der Waals surface area (Å²) < 4.78 is 0. The lowest BCUT2D eigenvalue weighted by Crippen LogP contribution is -1.85. The average Bonchev–Trinajstić information content (AvgIpc) is 2.69. The van der Waals surface area contributed by atoms with Crippen molar-refractivity contribution in [3.05, 3.63) is 84.4 Å². The van der Waals surface area contributed by atoms with Gasteiger partial charge in [-0.2, -0.15) is 0 Å². The zero-order valence-electron chi connectivity index (χ0n) is 14.8. The minimum atomic E-state index is 0.976. The molecule has 0 amide bonds. The van der Waals surface area contributed by atoms with Crippen molar-refractivity contribution in [1.29, 1.82) is 0 Å². The molecule has 0 heterocycles. The third-order valence-electron chi connectivity index (χ3n) is 4.29. The first-order valence-electron chi connectivity index (χ1n) is 9.11. The second-order valence-electron chi connectivity index (χ2n) is 6.29. The number of hydrogen-bond donors (Lipinski definition) is 0. The Morgan fingerprint density at radius 3 is 1.72 bits per heavy atom. The Morgan fingerprint density at radius 1 is 0.640 bits per heavy atom. The smallest absolute Gasteiger partial charge is 0.0257 e. The third kappa shape index (κ3) is 4.85. The van der Waals surface area contributed by atoms with E-state index in [1.54, 1.807) is 0 Å². The molecule has 3 rings (SSSR count). The average molecular weight is 324 g/mol. The van der Waals surface area contributed by atoms with Gasteiger partial charge in [-0.05, 0) is 46.9 Å². The van der Waals surface area contributed by atoms with Crippen molar-refractivity contribution >= 4 is 0 Å². The normalized spacial score (nSPS) is 10.1. The number of hydrogen-bond acceptors (Lipinski definition) is 0. The van der Waals surface area contributed by atoms with Crippen molar-refractivity contribution in [2.45, 2.75) is 32.6 Å². The third-order valence-corrected chi connectivity index (χ3v) is 4.29. The Labute approximate surface area is 151 Å². The fourth-order valence-corrected chi connectivity index (χ4v) is 2.92. The summed E-state index contributed by atoms with van der Waals surface area (Å²) in [6.07, 6.45) is 4.66. The fourth-order valence-electron chi connectivity index (χ4n) is 2.92. The maximum Gasteiger partial charge on any atom is 0.0257 e. The summed E-state index contributed by atoms with van der Waals surface area (Å²) in [6.45, 7) is 2.23. The van der Waals surface area contributed by atoms with Crippen LogP contribution in [0.3, 0.4) is 0 Å². The van der Waals surface area contributed by atoms with Crippen LogP contribution in [0.4, 0.5) is 0 Å². The van der Waals surface area contributed by atoms with Gasteiger partial charge in [-0.3, -0.25) is 0 Å². The van der Waals surface area contributed by atoms with E-state index in [1.165, 1.54) is 41.5 Å². The van der Waals surface area contributed by atoms with Crippen LogP contribution in [-0.2, 0) is 0 Å². The second kappa shape index (κ2) is 8.90. The highest BCUT2D eigenvalue weighted by atomic mass is 14.1. The van der Waals surface area contributed by atoms with Crippen LogP contribution in [0.15, 0.2) is 78.9 Å². The molecule has 0 saturated heterocycles. The summed E-state index contributed by atoms with van der Waals surface area (Å²) in [5, 5.41) is 0. The maximum atomic E-state index is 3.37. The monoisotopic (exact) mass is 324 g/mol. The lowest BCUT2D eigenvalue weighted by atomic mass is 9.96. The van der Waals surface area contributed by atoms with Crippen LogP contribution < -0.4 is 0 Å². The Kier molecular flexibility index (Phi) is 6.07. The van der Waals surface area contributed by atoms with E-state index >= 15 is 0 Å². The Morgan fingerprint density at radius 2 is 1.20 bits per heavy atom. The van der Waals surface area contributed by atoms with Gasteiger partial charge >= 0.3 is 0 Å². The zero-order valence-corrected chi connectivity index (χ0v) is 14.8. The second-order valence-corrected chi connectivity index (χ2v) is 6.29. The summed E-state index contributed by atoms with van der Waals surface area (Å²) in [5.41, 5.74) is 6.00. The summed E-state index contributed by atoms with van der Waals surface area (Å²) >= 11 is 0. The predicted molar refractivity (Wildman–Crippen MR) is 108 cm³/mol. The quantitative estimate of drug-likeness (QED) is 0.352. The van der Waals surface area contributed by atoms with Gasteiger partial charge in [0.05, 0.1) is 0 Å². The van der Waals surface area contributed by atoms with E-state index in [0.29, 0.717) is 0 Å². The fraction of sp³-hybridized carbons (Fsp3) is 0.200. The Bertz CT molecular complexity index is 791. The van der Waals surface area contributed by atoms with E-state index in [0.717, 1.165) is 12.0 Å². The molecule has 0 N–H and O–H groups in total. The molecule has 25 heavy (non-hydrogen) atoms. The van der Waals surface area contributed by atoms with Crippen molar-refractivity contribution in [1.82, 2.24) is 0 Å². The standard InChI is InChI=1S/C25H24/c1-2-3-4-5-8-13-21-18-24(22-14-9-6-10-15-22)20-25(19-21)23-16-11-7-12-17-23/h6-7,9-12,14-20H,2-5H2,1H3. The molecule has 3 aromatic carbocycles. The van der Waals surface area contributed by atoms with Crippen molar-refractivity contribution in [2.24, 2.45) is 0 Å². The molecule has 0 aromatic heterocycles. The molecule has 0 bridgehead atoms. The van der Waals surface area contributed by atoms with E-state index in [4.69, 9.17) is 0 Å². The minimum absolute atomic E-state index is 0.976. The molecule has 0 aliphatic rings. The molecule has 124 valence electrons. The first-order chi connectivity index (χ1) is 12.4. The summed E-state index contributed by atoms with van der Waals surface area (Å²) in [7, 11) is 0. The molecule has 0 aliphatic heterocycles. The molecule has 0 nitrogen and oxygen atoms in total. The van der Waals surface area contributed by atoms with Crippen LogP contribution in [0.1, 0.15) is 38.2 Å². The van der Waals surface area contributed by atoms with Crippen LogP contribution in [0.2, 0.25) is 0 Å². The molecule has 0 unspecified atom stereocenters. The van der Waals surface area contributed by atoms with E-state index in [1.807, 2.05) is 0 Å². The topological polar surface area (TPSA) is 0 Å². The van der Waals surface area contributed by atoms with Crippen molar-refractivity contribution in [3.63, 3.8) is 0 Å². The number of unbranched alkanes of at least 4 members (excludes halogenated alkanes) is 3. The van der Waals surface area contributed by atoms with Gasteiger partial charge in [0.1, 0.15) is 0 Å². The van der Waals surface area contributed by atoms with E-state index < -0.39 is 0 Å². The zero-order chi connectivity index (χ0) is 17.3. The van der Waals surface area contributed by atoms with Gasteiger partial charge in [-0.15, -0.1) is 0 Å². The van der Waals surface area contributed by atoms with Crippen molar-refractivity contribution in [3.8, 4) is 34.1 Å². The predicted octanol–water partition coefficient (Wildman–Crippen LogP) is 6.95. The van der Waals surface area contributed by atoms with Gasteiger partial charge in [-0.25, -0.2) is 0 Å². The molecule has 0 fully saturated rings. The van der Waals surface area contributed by atoms with Gasteiger partial charge in [0.25, 0.3) is 0 Å². The lowest BCUT2D eigenvalue weighted by molar-refractivity contribution is 0.737. The molecule has 3 aromatic rings. The molecule has 0 heteroatoms. The SMILES string of the molecule is CCCCCC#Cc1cc(-c2ccccc2)cc(-c2ccccc2)c1. The van der Waals surface area contributed by atoms with Crippen molar-refractivity contribution < 1.29 is 0 Å². The van der Waals surface area contributed by atoms with Gasteiger partial charge in [-0.1, -0.05) is 92.3 Å². The first kappa shape index (κ1) is 17.1. The molecule has 0 radical (unpaired) electrons. The van der Waals surface area contributed by atoms with Crippen LogP contribution >= 0.6 is 0 Å². The van der Waals surface area contributed by atoms with Crippen LogP contribution in [0.5, 0.6) is 0 Å². The summed E-state index contributed by atoms with van der Waals surface area (Å²) in [4.78, 5) is 0. The van der Waals surface area contributed by atoms with Gasteiger partial charge in [0.15, 0.2) is 0 Å². The van der Waals surface area contributed by atoms with Gasteiger partial charge in [0.2, 0.25) is 0 Å². The molecule has 0 atom stereocenters. The number of benzene rings is 3. The largest absolute Gasteiger partial charge is 0.0979 e. The van der Waals surface area contributed by atoms with Gasteiger partial charge < -0.3 is 0 Å². The van der Waals surface area contributed by atoms with Crippen LogP contribution in [-0.4, -0.2) is 0 Å². The maximum absolute atomic E-state index is 3.37. The lowest BCUT2D eigenvalue weighted by Gasteiger charge is -2.08. The van der Waals surface area contributed by atoms with Gasteiger partial charge in [0, 0.05) is 12.0 Å². The van der Waals surface area contributed by atoms with Crippen LogP contribution in [0, 0.1) is 11.8 Å². The Balaban J connectivity index is 1.97. The minimum Gasteiger partial charge on any atom is -0.0979 e. The molecule has 0 aliphatic carbocycles. The summed E-state index contributed by atoms with van der Waals surface area (Å²) in [6, 6.07) is 27.7. The Hall–Kier alpha value is -2.78. The molecular weight excluding hydrogens is 300 g/mol. The summed E-state index contributed by atoms with van der Waals surface area (Å²) in [5.74, 6) is 6.72. The van der Waals surface area contributed by atoms with E-state index in [-0.39, 0.29) is 0 Å². The first-order valence-corrected chi connectivity index (χ1v) is 9.11. The number of rotatable bonds is 5. The highest BCUT2D eigenvalue weighted by Crippen LogP contribution is 2.28. The van der Waals surface area contributed by atoms with Crippen molar-refractivity contribution in [2.75, 3.05) is 0 Å². The highest BCUT2D eigenvalue weighted by Gasteiger charge is 2.04. The van der Waals surface area contributed by atoms with Crippen LogP contribution in [0.25, 0.3) is 22.3 Å². The van der Waals surface area contributed by atoms with E-state index in [2.05, 4.69) is 97.6 Å². The molecule has 0 spiro atoms. The molecule has 0 saturated carbocycles. The van der Waals surface area contributed by atoms with E-state index in [9.17, 15) is 0 Å². The molecular formula is C25H24.